The van der Waals surface area contributed by atoms with Crippen LogP contribution < -0.4 is 11.1 Å². The summed E-state index contributed by atoms with van der Waals surface area (Å²) in [6.07, 6.45) is 4.54. The van der Waals surface area contributed by atoms with Crippen LogP contribution in [0.3, 0.4) is 0 Å². The van der Waals surface area contributed by atoms with E-state index in [1.807, 2.05) is 25.6 Å². The van der Waals surface area contributed by atoms with Crippen LogP contribution >= 0.6 is 11.8 Å². The normalized spacial score (nSPS) is 19.1. The minimum Gasteiger partial charge on any atom is -0.354 e. The van der Waals surface area contributed by atoms with Gasteiger partial charge in [0.15, 0.2) is 0 Å². The number of hydrogen-bond acceptors (Lipinski definition) is 3. The first-order chi connectivity index (χ1) is 6.46. The van der Waals surface area contributed by atoms with E-state index in [1.54, 1.807) is 0 Å². The Morgan fingerprint density at radius 1 is 1.57 bits per heavy atom. The molecule has 3 N–H and O–H groups in total. The maximum absolute atomic E-state index is 11.7. The van der Waals surface area contributed by atoms with Crippen LogP contribution in [0.5, 0.6) is 0 Å². The Hall–Kier alpha value is -0.220. The molecule has 0 aliphatic heterocycles. The summed E-state index contributed by atoms with van der Waals surface area (Å²) in [5, 5.41) is 2.99. The molecule has 1 amide bonds. The van der Waals surface area contributed by atoms with Gasteiger partial charge in [-0.05, 0) is 32.9 Å². The lowest BCUT2D eigenvalue weighted by Crippen LogP contribution is -2.44. The van der Waals surface area contributed by atoms with Gasteiger partial charge >= 0.3 is 0 Å². The molecule has 0 aromatic carbocycles. The molecular formula is C10H20N2OS. The third kappa shape index (κ3) is 2.64. The summed E-state index contributed by atoms with van der Waals surface area (Å²) in [7, 11) is 0. The average molecular weight is 216 g/mol. The fraction of sp³-hybridized carbons (Fsp3) is 0.900. The zero-order valence-electron chi connectivity index (χ0n) is 9.22. The lowest BCUT2D eigenvalue weighted by Gasteiger charge is -2.23. The molecule has 1 aliphatic carbocycles. The molecule has 1 rings (SSSR count). The van der Waals surface area contributed by atoms with Gasteiger partial charge in [-0.15, -0.1) is 0 Å². The molecule has 82 valence electrons. The highest BCUT2D eigenvalue weighted by molar-refractivity contribution is 8.00. The predicted octanol–water partition coefficient (Wildman–Crippen LogP) is 0.983. The summed E-state index contributed by atoms with van der Waals surface area (Å²) in [4.78, 5) is 11.7. The minimum absolute atomic E-state index is 0.0697. The topological polar surface area (TPSA) is 55.1 Å². The molecule has 4 heteroatoms. The van der Waals surface area contributed by atoms with Gasteiger partial charge in [-0.1, -0.05) is 0 Å². The van der Waals surface area contributed by atoms with Crippen molar-refractivity contribution in [3.63, 3.8) is 0 Å². The molecule has 0 heterocycles. The van der Waals surface area contributed by atoms with Gasteiger partial charge in [0.25, 0.3) is 0 Å². The van der Waals surface area contributed by atoms with Crippen LogP contribution in [0.2, 0.25) is 0 Å². The Balaban J connectivity index is 2.35. The van der Waals surface area contributed by atoms with Gasteiger partial charge in [0.1, 0.15) is 0 Å². The fourth-order valence-electron chi connectivity index (χ4n) is 1.17. The summed E-state index contributed by atoms with van der Waals surface area (Å²) in [6, 6.07) is 0. The third-order valence-electron chi connectivity index (χ3n) is 2.94. The van der Waals surface area contributed by atoms with E-state index < -0.39 is 5.41 Å². The quantitative estimate of drug-likeness (QED) is 0.720. The molecule has 0 radical (unpaired) electrons. The van der Waals surface area contributed by atoms with Gasteiger partial charge in [-0.2, -0.15) is 11.8 Å². The second-order valence-electron chi connectivity index (χ2n) is 4.66. The highest BCUT2D eigenvalue weighted by Gasteiger charge is 2.42. The number of carbonyl (C=O) groups is 1. The Labute approximate surface area is 90.2 Å². The van der Waals surface area contributed by atoms with E-state index in [9.17, 15) is 4.79 Å². The van der Waals surface area contributed by atoms with Gasteiger partial charge in [0, 0.05) is 17.8 Å². The third-order valence-corrected chi connectivity index (χ3v) is 4.36. The zero-order chi connectivity index (χ0) is 10.8. The number of amides is 1. The monoisotopic (exact) mass is 216 g/mol. The number of carbonyl (C=O) groups excluding carboxylic acids is 1. The van der Waals surface area contributed by atoms with E-state index in [1.165, 1.54) is 12.8 Å². The van der Waals surface area contributed by atoms with Crippen LogP contribution in [0.25, 0.3) is 0 Å². The highest BCUT2D eigenvalue weighted by atomic mass is 32.2. The second-order valence-corrected chi connectivity index (χ2v) is 5.93. The Morgan fingerprint density at radius 2 is 2.14 bits per heavy atom. The molecular weight excluding hydrogens is 196 g/mol. The first-order valence-electron chi connectivity index (χ1n) is 4.99. The summed E-state index contributed by atoms with van der Waals surface area (Å²) in [5.41, 5.74) is 5.09. The van der Waals surface area contributed by atoms with Crippen molar-refractivity contribution in [2.24, 2.45) is 11.1 Å². The van der Waals surface area contributed by atoms with E-state index in [2.05, 4.69) is 11.6 Å². The van der Waals surface area contributed by atoms with Crippen LogP contribution in [0.4, 0.5) is 0 Å². The van der Waals surface area contributed by atoms with E-state index in [-0.39, 0.29) is 5.91 Å². The van der Waals surface area contributed by atoms with Crippen LogP contribution in [-0.2, 0) is 4.79 Å². The molecule has 14 heavy (non-hydrogen) atoms. The molecule has 1 aliphatic rings. The summed E-state index contributed by atoms with van der Waals surface area (Å²) in [6.45, 7) is 4.93. The standard InChI is InChI=1S/C10H20N2OS/c1-9(2,6-11)8(13)12-7-10(14-3)4-5-10/h4-7,11H2,1-3H3,(H,12,13). The molecule has 0 bridgehead atoms. The lowest BCUT2D eigenvalue weighted by atomic mass is 9.93. The maximum Gasteiger partial charge on any atom is 0.226 e. The summed E-state index contributed by atoms with van der Waals surface area (Å²) >= 11 is 1.85. The molecule has 0 spiro atoms. The van der Waals surface area contributed by atoms with Gasteiger partial charge in [-0.25, -0.2) is 0 Å². The van der Waals surface area contributed by atoms with Crippen molar-refractivity contribution in [3.05, 3.63) is 0 Å². The highest BCUT2D eigenvalue weighted by Crippen LogP contribution is 2.46. The van der Waals surface area contributed by atoms with Gasteiger partial charge in [0.2, 0.25) is 5.91 Å². The van der Waals surface area contributed by atoms with Crippen molar-refractivity contribution >= 4 is 17.7 Å². The molecule has 0 saturated heterocycles. The molecule has 0 aromatic rings. The number of hydrogen-bond donors (Lipinski definition) is 2. The van der Waals surface area contributed by atoms with Crippen molar-refractivity contribution in [3.8, 4) is 0 Å². The van der Waals surface area contributed by atoms with E-state index >= 15 is 0 Å². The summed E-state index contributed by atoms with van der Waals surface area (Å²) in [5.74, 6) is 0.0697. The van der Waals surface area contributed by atoms with Gasteiger partial charge in [-0.3, -0.25) is 4.79 Å². The Bertz CT molecular complexity index is 224. The molecule has 0 aromatic heterocycles. The lowest BCUT2D eigenvalue weighted by molar-refractivity contribution is -0.128. The van der Waals surface area contributed by atoms with Crippen LogP contribution in [0, 0.1) is 5.41 Å². The molecule has 0 atom stereocenters. The summed E-state index contributed by atoms with van der Waals surface area (Å²) < 4.78 is 0.334. The van der Waals surface area contributed by atoms with Crippen LogP contribution in [0.15, 0.2) is 0 Å². The van der Waals surface area contributed by atoms with E-state index in [0.29, 0.717) is 11.3 Å². The predicted molar refractivity (Wildman–Crippen MR) is 61.3 cm³/mol. The number of nitrogens with two attached hydrogens (primary N) is 1. The minimum atomic E-state index is -0.436. The average Bonchev–Trinajstić information content (AvgIpc) is 2.95. The van der Waals surface area contributed by atoms with Crippen molar-refractivity contribution in [2.75, 3.05) is 19.3 Å². The maximum atomic E-state index is 11.7. The second kappa shape index (κ2) is 4.11. The first-order valence-corrected chi connectivity index (χ1v) is 6.22. The Morgan fingerprint density at radius 3 is 2.50 bits per heavy atom. The van der Waals surface area contributed by atoms with E-state index in [0.717, 1.165) is 6.54 Å². The van der Waals surface area contributed by atoms with Crippen molar-refractivity contribution in [2.45, 2.75) is 31.4 Å². The van der Waals surface area contributed by atoms with Crippen molar-refractivity contribution in [1.29, 1.82) is 0 Å². The Kier molecular flexibility index (Phi) is 3.48. The van der Waals surface area contributed by atoms with Crippen LogP contribution in [-0.4, -0.2) is 30.0 Å². The molecule has 1 fully saturated rings. The van der Waals surface area contributed by atoms with Crippen molar-refractivity contribution < 1.29 is 4.79 Å². The zero-order valence-corrected chi connectivity index (χ0v) is 10.0. The molecule has 3 nitrogen and oxygen atoms in total. The molecule has 0 unspecified atom stereocenters. The van der Waals surface area contributed by atoms with Crippen molar-refractivity contribution in [1.82, 2.24) is 5.32 Å². The van der Waals surface area contributed by atoms with Gasteiger partial charge in [0.05, 0.1) is 5.41 Å². The fourth-order valence-corrected chi connectivity index (χ4v) is 1.89. The largest absolute Gasteiger partial charge is 0.354 e. The number of rotatable bonds is 5. The number of thioether (sulfide) groups is 1. The smallest absolute Gasteiger partial charge is 0.226 e. The van der Waals surface area contributed by atoms with Crippen LogP contribution in [0.1, 0.15) is 26.7 Å². The van der Waals surface area contributed by atoms with Gasteiger partial charge < -0.3 is 11.1 Å². The first kappa shape index (κ1) is 11.9. The molecule has 1 saturated carbocycles. The van der Waals surface area contributed by atoms with E-state index in [4.69, 9.17) is 5.73 Å². The number of nitrogens with one attached hydrogen (secondary N) is 1. The SMILES string of the molecule is CSC1(CNC(=O)C(C)(C)CN)CC1.